The second-order valence-electron chi connectivity index (χ2n) is 12.6. The number of rotatable bonds is 10. The number of halogens is 1. The van der Waals surface area contributed by atoms with E-state index in [9.17, 15) is 9.59 Å². The van der Waals surface area contributed by atoms with Crippen LogP contribution >= 0.6 is 11.6 Å². The van der Waals surface area contributed by atoms with E-state index in [-0.39, 0.29) is 23.8 Å². The van der Waals surface area contributed by atoms with Crippen molar-refractivity contribution in [3.63, 3.8) is 0 Å². The summed E-state index contributed by atoms with van der Waals surface area (Å²) in [7, 11) is 0. The summed E-state index contributed by atoms with van der Waals surface area (Å²) in [6, 6.07) is 15.7. The van der Waals surface area contributed by atoms with Crippen molar-refractivity contribution in [2.45, 2.75) is 84.9 Å². The first-order valence-electron chi connectivity index (χ1n) is 14.9. The first-order chi connectivity index (χ1) is 20.0. The van der Waals surface area contributed by atoms with Gasteiger partial charge >= 0.3 is 5.97 Å². The van der Waals surface area contributed by atoms with Gasteiger partial charge in [-0.05, 0) is 82.1 Å². The maximum absolute atomic E-state index is 13.9. The van der Waals surface area contributed by atoms with E-state index >= 15 is 0 Å². The fourth-order valence-corrected chi connectivity index (χ4v) is 5.69. The lowest BCUT2D eigenvalue weighted by molar-refractivity contribution is -0.164. The van der Waals surface area contributed by atoms with Crippen LogP contribution in [0.4, 0.5) is 0 Å². The van der Waals surface area contributed by atoms with Crippen LogP contribution in [0.2, 0.25) is 5.02 Å². The van der Waals surface area contributed by atoms with Gasteiger partial charge in [0.25, 0.3) is 0 Å². The summed E-state index contributed by atoms with van der Waals surface area (Å²) >= 11 is 6.05. The highest BCUT2D eigenvalue weighted by Crippen LogP contribution is 2.32. The molecule has 7 nitrogen and oxygen atoms in total. The zero-order valence-electron chi connectivity index (χ0n) is 25.4. The monoisotopic (exact) mass is 590 g/mol. The van der Waals surface area contributed by atoms with Crippen molar-refractivity contribution in [2.24, 2.45) is 17.8 Å². The molecule has 3 aromatic rings. The number of allylic oxidation sites excluding steroid dienone is 1. The minimum atomic E-state index is -0.642. The van der Waals surface area contributed by atoms with Crippen molar-refractivity contribution < 1.29 is 14.3 Å². The highest BCUT2D eigenvalue weighted by molar-refractivity contribution is 6.30. The van der Waals surface area contributed by atoms with Gasteiger partial charge in [0.2, 0.25) is 5.91 Å². The molecule has 1 aromatic heterocycles. The maximum atomic E-state index is 13.9. The van der Waals surface area contributed by atoms with E-state index in [1.807, 2.05) is 45.0 Å². The number of aromatic nitrogens is 3. The first-order valence-corrected chi connectivity index (χ1v) is 15.3. The highest BCUT2D eigenvalue weighted by Gasteiger charge is 2.38. The van der Waals surface area contributed by atoms with Crippen LogP contribution in [0.3, 0.4) is 0 Å². The lowest BCUT2D eigenvalue weighted by Gasteiger charge is -2.30. The zero-order chi connectivity index (χ0) is 30.4. The summed E-state index contributed by atoms with van der Waals surface area (Å²) in [5.74, 6) is 0.0770. The van der Waals surface area contributed by atoms with E-state index in [4.69, 9.17) is 16.3 Å². The minimum absolute atomic E-state index is 0.156. The average molecular weight is 591 g/mol. The Kier molecular flexibility index (Phi) is 10.3. The Labute approximate surface area is 254 Å². The molecule has 1 aliphatic rings. The van der Waals surface area contributed by atoms with Crippen molar-refractivity contribution in [3.05, 3.63) is 72.0 Å². The standard InChI is InChI=1S/C34H43ClN4O3/c1-7-10-27(33(41)42-34(4,5)6)28(21-22(2)3)32(40)36-29-11-8-9-20-39-30(37-38-31(29)39)25-14-12-23(13-15-25)24-16-18-26(35)19-17-24/h7,12-19,22,27-29H,1,8-11,20-21H2,2-6H3,(H,36,40). The average Bonchev–Trinajstić information content (AvgIpc) is 3.25. The summed E-state index contributed by atoms with van der Waals surface area (Å²) < 4.78 is 7.85. The number of benzene rings is 2. The zero-order valence-corrected chi connectivity index (χ0v) is 26.2. The number of carbonyl (C=O) groups is 2. The molecule has 8 heteroatoms. The number of ether oxygens (including phenoxy) is 1. The maximum Gasteiger partial charge on any atom is 0.310 e. The summed E-state index contributed by atoms with van der Waals surface area (Å²) in [6.45, 7) is 14.3. The van der Waals surface area contributed by atoms with E-state index < -0.39 is 17.4 Å². The van der Waals surface area contributed by atoms with Gasteiger partial charge in [0.05, 0.1) is 17.9 Å². The molecule has 4 rings (SSSR count). The van der Waals surface area contributed by atoms with Gasteiger partial charge in [-0.2, -0.15) is 0 Å². The predicted molar refractivity (Wildman–Crippen MR) is 168 cm³/mol. The molecule has 42 heavy (non-hydrogen) atoms. The number of amides is 1. The number of esters is 1. The third-order valence-corrected chi connectivity index (χ3v) is 7.78. The summed E-state index contributed by atoms with van der Waals surface area (Å²) in [5.41, 5.74) is 2.50. The number of fused-ring (bicyclic) bond motifs is 1. The van der Waals surface area contributed by atoms with Crippen molar-refractivity contribution >= 4 is 23.5 Å². The Morgan fingerprint density at radius 3 is 2.24 bits per heavy atom. The van der Waals surface area contributed by atoms with E-state index in [0.717, 1.165) is 54.1 Å². The lowest BCUT2D eigenvalue weighted by atomic mass is 9.82. The molecule has 0 radical (unpaired) electrons. The Bertz CT molecular complexity index is 1370. The molecule has 0 aliphatic carbocycles. The number of hydrogen-bond acceptors (Lipinski definition) is 5. The molecule has 2 heterocycles. The van der Waals surface area contributed by atoms with Gasteiger partial charge in [-0.25, -0.2) is 0 Å². The van der Waals surface area contributed by atoms with E-state index in [2.05, 4.69) is 64.8 Å². The van der Waals surface area contributed by atoms with Crippen molar-refractivity contribution in [3.8, 4) is 22.5 Å². The highest BCUT2D eigenvalue weighted by atomic mass is 35.5. The molecule has 1 aliphatic heterocycles. The normalized spacial score (nSPS) is 16.7. The second kappa shape index (κ2) is 13.7. The van der Waals surface area contributed by atoms with Crippen LogP contribution < -0.4 is 5.32 Å². The van der Waals surface area contributed by atoms with Gasteiger partial charge in [0.15, 0.2) is 11.6 Å². The third kappa shape index (κ3) is 7.88. The molecule has 0 fully saturated rings. The quantitative estimate of drug-likeness (QED) is 0.192. The smallest absolute Gasteiger partial charge is 0.310 e. The van der Waals surface area contributed by atoms with Gasteiger partial charge in [-0.3, -0.25) is 9.59 Å². The summed E-state index contributed by atoms with van der Waals surface area (Å²) in [6.07, 6.45) is 5.29. The van der Waals surface area contributed by atoms with Gasteiger partial charge in [-0.15, -0.1) is 16.8 Å². The largest absolute Gasteiger partial charge is 0.460 e. The Morgan fingerprint density at radius 2 is 1.64 bits per heavy atom. The molecular formula is C34H43ClN4O3. The molecular weight excluding hydrogens is 548 g/mol. The number of carbonyl (C=O) groups excluding carboxylic acids is 2. The van der Waals surface area contributed by atoms with E-state index in [1.54, 1.807) is 6.08 Å². The van der Waals surface area contributed by atoms with Crippen LogP contribution in [0.25, 0.3) is 22.5 Å². The molecule has 0 saturated heterocycles. The summed E-state index contributed by atoms with van der Waals surface area (Å²) in [4.78, 5) is 27.1. The van der Waals surface area contributed by atoms with Crippen LogP contribution in [0.5, 0.6) is 0 Å². The fourth-order valence-electron chi connectivity index (χ4n) is 5.57. The Balaban J connectivity index is 1.58. The number of nitrogens with zero attached hydrogens (tertiary/aromatic N) is 3. The van der Waals surface area contributed by atoms with Crippen LogP contribution in [0.1, 0.15) is 78.6 Å². The summed E-state index contributed by atoms with van der Waals surface area (Å²) in [5, 5.41) is 13.1. The van der Waals surface area contributed by atoms with E-state index in [1.165, 1.54) is 0 Å². The van der Waals surface area contributed by atoms with Gasteiger partial charge in [-0.1, -0.05) is 67.9 Å². The molecule has 2 aromatic carbocycles. The Morgan fingerprint density at radius 1 is 1.02 bits per heavy atom. The minimum Gasteiger partial charge on any atom is -0.460 e. The van der Waals surface area contributed by atoms with Gasteiger partial charge in [0, 0.05) is 17.1 Å². The van der Waals surface area contributed by atoms with Gasteiger partial charge in [0.1, 0.15) is 5.60 Å². The molecule has 1 N–H and O–H groups in total. The van der Waals surface area contributed by atoms with Crippen LogP contribution in [0, 0.1) is 17.8 Å². The molecule has 224 valence electrons. The first kappa shape index (κ1) is 31.5. The second-order valence-corrected chi connectivity index (χ2v) is 13.0. The number of nitrogens with one attached hydrogen (secondary N) is 1. The van der Waals surface area contributed by atoms with Crippen LogP contribution in [-0.2, 0) is 20.9 Å². The molecule has 3 unspecified atom stereocenters. The van der Waals surface area contributed by atoms with Crippen LogP contribution in [-0.4, -0.2) is 32.2 Å². The van der Waals surface area contributed by atoms with Gasteiger partial charge < -0.3 is 14.6 Å². The lowest BCUT2D eigenvalue weighted by Crippen LogP contribution is -2.42. The number of hydrogen-bond donors (Lipinski definition) is 1. The Hall–Kier alpha value is -3.45. The fraction of sp³-hybridized carbons (Fsp3) is 0.471. The molecule has 0 spiro atoms. The molecule has 0 saturated carbocycles. The van der Waals surface area contributed by atoms with Crippen molar-refractivity contribution in [1.29, 1.82) is 0 Å². The van der Waals surface area contributed by atoms with Crippen molar-refractivity contribution in [2.75, 3.05) is 0 Å². The third-order valence-electron chi connectivity index (χ3n) is 7.53. The van der Waals surface area contributed by atoms with Crippen LogP contribution in [0.15, 0.2) is 61.2 Å². The molecule has 3 atom stereocenters. The molecule has 1 amide bonds. The van der Waals surface area contributed by atoms with E-state index in [0.29, 0.717) is 17.9 Å². The molecule has 0 bridgehead atoms. The van der Waals surface area contributed by atoms with Crippen molar-refractivity contribution in [1.82, 2.24) is 20.1 Å². The predicted octanol–water partition coefficient (Wildman–Crippen LogP) is 7.80. The SMILES string of the molecule is C=CCC(C(=O)OC(C)(C)C)C(CC(C)C)C(=O)NC1CCCCn2c(-c3ccc(-c4ccc(Cl)cc4)cc3)nnc21. The topological polar surface area (TPSA) is 86.1 Å².